The van der Waals surface area contributed by atoms with E-state index in [4.69, 9.17) is 0 Å². The van der Waals surface area contributed by atoms with Gasteiger partial charge in [-0.15, -0.1) is 17.0 Å². The molecular formula is C28H28BrN. The van der Waals surface area contributed by atoms with Crippen molar-refractivity contribution < 1.29 is 0 Å². The van der Waals surface area contributed by atoms with Gasteiger partial charge in [-0.1, -0.05) is 91.0 Å². The van der Waals surface area contributed by atoms with Gasteiger partial charge in [-0.2, -0.15) is 0 Å². The fourth-order valence-electron chi connectivity index (χ4n) is 4.65. The molecule has 0 aromatic heterocycles. The molecular weight excluding hydrogens is 430 g/mol. The third kappa shape index (κ3) is 4.35. The molecule has 0 fully saturated rings. The Bertz CT molecular complexity index is 1020. The highest BCUT2D eigenvalue weighted by atomic mass is 79.9. The fourth-order valence-corrected chi connectivity index (χ4v) is 4.65. The van der Waals surface area contributed by atoms with Gasteiger partial charge in [0.15, 0.2) is 0 Å². The van der Waals surface area contributed by atoms with Gasteiger partial charge in [0, 0.05) is 19.6 Å². The quantitative estimate of drug-likeness (QED) is 0.428. The molecule has 3 aromatic carbocycles. The van der Waals surface area contributed by atoms with Gasteiger partial charge in [0.2, 0.25) is 0 Å². The third-order valence-electron chi connectivity index (χ3n) is 6.27. The summed E-state index contributed by atoms with van der Waals surface area (Å²) in [7, 11) is 0. The third-order valence-corrected chi connectivity index (χ3v) is 6.27. The van der Waals surface area contributed by atoms with Crippen LogP contribution in [0.1, 0.15) is 34.2 Å². The Morgan fingerprint density at radius 3 is 1.90 bits per heavy atom. The van der Waals surface area contributed by atoms with Gasteiger partial charge in [0.25, 0.3) is 0 Å². The summed E-state index contributed by atoms with van der Waals surface area (Å²) >= 11 is 0. The van der Waals surface area contributed by atoms with E-state index in [0.29, 0.717) is 0 Å². The molecule has 0 saturated carbocycles. The second-order valence-corrected chi connectivity index (χ2v) is 8.04. The van der Waals surface area contributed by atoms with Gasteiger partial charge in [0.1, 0.15) is 0 Å². The maximum absolute atomic E-state index is 2.55. The average molecular weight is 458 g/mol. The van der Waals surface area contributed by atoms with Crippen molar-refractivity contribution in [1.29, 1.82) is 0 Å². The van der Waals surface area contributed by atoms with E-state index < -0.39 is 0 Å². The second-order valence-electron chi connectivity index (χ2n) is 8.04. The van der Waals surface area contributed by atoms with Crippen molar-refractivity contribution in [2.24, 2.45) is 0 Å². The summed E-state index contributed by atoms with van der Waals surface area (Å²) < 4.78 is 0. The number of hydrogen-bond donors (Lipinski definition) is 0. The van der Waals surface area contributed by atoms with E-state index in [1.165, 1.54) is 39.0 Å². The molecule has 3 aromatic rings. The standard InChI is InChI=1S/C28H27N.BrH/c1-2-8-22(9-3-1)23-16-19-29(20-17-23)21-18-28-26-12-6-4-10-24(26)14-15-25-11-5-7-13-27(25)28;/h1-13,16,18H,14-15,17,19-21H2;1H. The van der Waals surface area contributed by atoms with Crippen LogP contribution in [0.3, 0.4) is 0 Å². The van der Waals surface area contributed by atoms with Gasteiger partial charge < -0.3 is 0 Å². The molecule has 152 valence electrons. The van der Waals surface area contributed by atoms with E-state index >= 15 is 0 Å². The van der Waals surface area contributed by atoms with E-state index in [0.717, 1.165) is 38.9 Å². The minimum absolute atomic E-state index is 0. The summed E-state index contributed by atoms with van der Waals surface area (Å²) in [5, 5.41) is 0. The van der Waals surface area contributed by atoms with Crippen molar-refractivity contribution in [3.8, 4) is 0 Å². The molecule has 1 nitrogen and oxygen atoms in total. The Kier molecular flexibility index (Phi) is 6.66. The molecule has 5 rings (SSSR count). The highest BCUT2D eigenvalue weighted by Gasteiger charge is 2.18. The van der Waals surface area contributed by atoms with Gasteiger partial charge in [-0.25, -0.2) is 0 Å². The monoisotopic (exact) mass is 457 g/mol. The highest BCUT2D eigenvalue weighted by Crippen LogP contribution is 2.33. The van der Waals surface area contributed by atoms with Crippen LogP contribution in [-0.4, -0.2) is 24.5 Å². The lowest BCUT2D eigenvalue weighted by atomic mass is 9.93. The lowest BCUT2D eigenvalue weighted by Crippen LogP contribution is -2.28. The molecule has 0 saturated heterocycles. The number of fused-ring (bicyclic) bond motifs is 2. The zero-order valence-corrected chi connectivity index (χ0v) is 19.0. The Balaban J connectivity index is 0.00000218. The lowest BCUT2D eigenvalue weighted by molar-refractivity contribution is 0.335. The molecule has 1 aliphatic heterocycles. The minimum Gasteiger partial charge on any atom is -0.296 e. The van der Waals surface area contributed by atoms with Crippen molar-refractivity contribution in [2.75, 3.05) is 19.6 Å². The topological polar surface area (TPSA) is 3.24 Å². The van der Waals surface area contributed by atoms with Crippen LogP contribution in [0.5, 0.6) is 0 Å². The van der Waals surface area contributed by atoms with E-state index in [1.54, 1.807) is 0 Å². The Labute approximate surface area is 190 Å². The maximum atomic E-state index is 2.55. The predicted octanol–water partition coefficient (Wildman–Crippen LogP) is 6.58. The normalized spacial score (nSPS) is 15.9. The first-order valence-corrected chi connectivity index (χ1v) is 10.7. The molecule has 0 bridgehead atoms. The van der Waals surface area contributed by atoms with Crippen LogP contribution in [0.25, 0.3) is 11.1 Å². The number of nitrogens with zero attached hydrogens (tertiary/aromatic N) is 1. The molecule has 2 aliphatic rings. The van der Waals surface area contributed by atoms with Crippen LogP contribution >= 0.6 is 17.0 Å². The van der Waals surface area contributed by atoms with Gasteiger partial charge in [-0.05, 0) is 58.2 Å². The summed E-state index contributed by atoms with van der Waals surface area (Å²) in [6.45, 7) is 3.14. The molecule has 0 N–H and O–H groups in total. The number of aryl methyl sites for hydroxylation is 2. The molecule has 0 amide bonds. The summed E-state index contributed by atoms with van der Waals surface area (Å²) in [6.07, 6.45) is 8.24. The van der Waals surface area contributed by atoms with Gasteiger partial charge in [0.05, 0.1) is 0 Å². The first-order valence-electron chi connectivity index (χ1n) is 10.7. The maximum Gasteiger partial charge on any atom is 0.0175 e. The van der Waals surface area contributed by atoms with E-state index in [2.05, 4.69) is 95.9 Å². The fraction of sp³-hybridized carbons (Fsp3) is 0.214. The molecule has 2 heteroatoms. The molecule has 0 radical (unpaired) electrons. The molecule has 30 heavy (non-hydrogen) atoms. The van der Waals surface area contributed by atoms with Crippen molar-refractivity contribution in [1.82, 2.24) is 4.90 Å². The van der Waals surface area contributed by atoms with Crippen molar-refractivity contribution in [2.45, 2.75) is 19.3 Å². The Morgan fingerprint density at radius 2 is 1.30 bits per heavy atom. The predicted molar refractivity (Wildman–Crippen MR) is 133 cm³/mol. The Hall–Kier alpha value is -2.42. The highest BCUT2D eigenvalue weighted by molar-refractivity contribution is 8.93. The zero-order valence-electron chi connectivity index (χ0n) is 17.3. The number of hydrogen-bond acceptors (Lipinski definition) is 1. The number of rotatable bonds is 3. The van der Waals surface area contributed by atoms with Crippen LogP contribution in [0.15, 0.2) is 91.0 Å². The average Bonchev–Trinajstić information content (AvgIpc) is 2.96. The van der Waals surface area contributed by atoms with E-state index in [-0.39, 0.29) is 17.0 Å². The molecule has 0 unspecified atom stereocenters. The molecule has 0 atom stereocenters. The van der Waals surface area contributed by atoms with Crippen LogP contribution in [0.2, 0.25) is 0 Å². The lowest BCUT2D eigenvalue weighted by Gasteiger charge is -2.26. The van der Waals surface area contributed by atoms with Crippen LogP contribution in [-0.2, 0) is 12.8 Å². The largest absolute Gasteiger partial charge is 0.296 e. The van der Waals surface area contributed by atoms with Crippen LogP contribution < -0.4 is 0 Å². The molecule has 0 spiro atoms. The summed E-state index contributed by atoms with van der Waals surface area (Å²) in [6, 6.07) is 28.7. The van der Waals surface area contributed by atoms with Crippen LogP contribution in [0, 0.1) is 0 Å². The first kappa shape index (κ1) is 20.8. The smallest absolute Gasteiger partial charge is 0.0175 e. The van der Waals surface area contributed by atoms with Crippen molar-refractivity contribution >= 4 is 28.1 Å². The van der Waals surface area contributed by atoms with Gasteiger partial charge >= 0.3 is 0 Å². The second kappa shape index (κ2) is 9.59. The molecule has 1 heterocycles. The van der Waals surface area contributed by atoms with Crippen LogP contribution in [0.4, 0.5) is 0 Å². The summed E-state index contributed by atoms with van der Waals surface area (Å²) in [4.78, 5) is 2.55. The molecule has 1 aliphatic carbocycles. The van der Waals surface area contributed by atoms with E-state index in [1.807, 2.05) is 0 Å². The SMILES string of the molecule is Br.C1=C(c2ccccc2)CCN(CC=C2c3ccccc3CCc3ccccc32)C1. The summed E-state index contributed by atoms with van der Waals surface area (Å²) in [5.74, 6) is 0. The summed E-state index contributed by atoms with van der Waals surface area (Å²) in [5.41, 5.74) is 10.0. The number of benzene rings is 3. The van der Waals surface area contributed by atoms with Crippen molar-refractivity contribution in [3.63, 3.8) is 0 Å². The van der Waals surface area contributed by atoms with Gasteiger partial charge in [-0.3, -0.25) is 4.90 Å². The zero-order chi connectivity index (χ0) is 19.5. The first-order chi connectivity index (χ1) is 14.4. The Morgan fingerprint density at radius 1 is 0.700 bits per heavy atom. The number of halogens is 1. The van der Waals surface area contributed by atoms with E-state index in [9.17, 15) is 0 Å². The van der Waals surface area contributed by atoms with Crippen molar-refractivity contribution in [3.05, 3.63) is 119 Å². The minimum atomic E-state index is 0.